The molecule has 3 heterocycles. The van der Waals surface area contributed by atoms with Crippen molar-refractivity contribution in [3.63, 3.8) is 0 Å². The molecule has 188 valence electrons. The number of fused-ring (bicyclic) bond motifs is 1. The first kappa shape index (κ1) is 25.2. The van der Waals surface area contributed by atoms with Crippen molar-refractivity contribution in [2.24, 2.45) is 5.92 Å². The van der Waals surface area contributed by atoms with Gasteiger partial charge in [-0.05, 0) is 37.3 Å². The Hall–Kier alpha value is -3.85. The molecule has 0 aliphatic carbocycles. The number of aliphatic hydroxyl groups excluding tert-OH is 1. The van der Waals surface area contributed by atoms with Crippen molar-refractivity contribution < 1.29 is 23.8 Å². The number of carbonyl (C=O) groups excluding carboxylic acids is 2. The van der Waals surface area contributed by atoms with E-state index in [-0.39, 0.29) is 47.9 Å². The fourth-order valence-corrected chi connectivity index (χ4v) is 4.21. The summed E-state index contributed by atoms with van der Waals surface area (Å²) in [5.74, 6) is -1.16. The second-order valence-corrected chi connectivity index (χ2v) is 9.14. The molecule has 3 aromatic rings. The molecule has 0 saturated heterocycles. The van der Waals surface area contributed by atoms with Gasteiger partial charge in [-0.2, -0.15) is 0 Å². The number of hydrogen-bond acceptors (Lipinski definition) is 6. The Morgan fingerprint density at radius 1 is 1.25 bits per heavy atom. The van der Waals surface area contributed by atoms with Crippen LogP contribution in [0, 0.1) is 11.7 Å². The van der Waals surface area contributed by atoms with E-state index >= 15 is 0 Å². The lowest BCUT2D eigenvalue weighted by Gasteiger charge is -2.37. The number of halogens is 1. The van der Waals surface area contributed by atoms with Crippen LogP contribution < -0.4 is 4.74 Å². The molecular formula is C27H29FN4O4. The third-order valence-corrected chi connectivity index (χ3v) is 6.39. The van der Waals surface area contributed by atoms with Crippen LogP contribution in [0.2, 0.25) is 0 Å². The van der Waals surface area contributed by atoms with Crippen molar-refractivity contribution in [2.45, 2.75) is 26.0 Å². The molecule has 2 aromatic heterocycles. The fraction of sp³-hybridized carbons (Fsp3) is 0.333. The Labute approximate surface area is 209 Å². The quantitative estimate of drug-likeness (QED) is 0.568. The summed E-state index contributed by atoms with van der Waals surface area (Å²) in [6.45, 7) is 4.00. The molecule has 1 aromatic carbocycles. The van der Waals surface area contributed by atoms with Gasteiger partial charge in [0, 0.05) is 54.8 Å². The number of aliphatic hydroxyl groups is 1. The van der Waals surface area contributed by atoms with Gasteiger partial charge in [-0.1, -0.05) is 19.1 Å². The fourth-order valence-electron chi connectivity index (χ4n) is 4.21. The Balaban J connectivity index is 1.67. The third kappa shape index (κ3) is 5.36. The Kier molecular flexibility index (Phi) is 7.59. The van der Waals surface area contributed by atoms with Gasteiger partial charge in [0.25, 0.3) is 11.8 Å². The topological polar surface area (TPSA) is 95.9 Å². The molecule has 0 spiro atoms. The maximum atomic E-state index is 13.7. The third-order valence-electron chi connectivity index (χ3n) is 6.39. The molecule has 36 heavy (non-hydrogen) atoms. The van der Waals surface area contributed by atoms with E-state index < -0.39 is 18.0 Å². The number of amides is 2. The highest BCUT2D eigenvalue weighted by atomic mass is 19.1. The van der Waals surface area contributed by atoms with Crippen molar-refractivity contribution in [3.8, 4) is 17.0 Å². The summed E-state index contributed by atoms with van der Waals surface area (Å²) >= 11 is 0. The Bertz CT molecular complexity index is 1240. The van der Waals surface area contributed by atoms with Crippen LogP contribution in [0.5, 0.6) is 5.88 Å². The van der Waals surface area contributed by atoms with Crippen molar-refractivity contribution in [1.29, 1.82) is 0 Å². The highest BCUT2D eigenvalue weighted by Crippen LogP contribution is 2.30. The molecule has 0 fully saturated rings. The lowest BCUT2D eigenvalue weighted by Crippen LogP contribution is -2.50. The Morgan fingerprint density at radius 3 is 2.75 bits per heavy atom. The van der Waals surface area contributed by atoms with Crippen LogP contribution in [0.15, 0.2) is 61.1 Å². The van der Waals surface area contributed by atoms with E-state index in [1.807, 2.05) is 13.0 Å². The molecular weight excluding hydrogens is 463 g/mol. The minimum Gasteiger partial charge on any atom is -0.472 e. The number of ether oxygens (including phenoxy) is 1. The number of likely N-dealkylation sites (N-methyl/N-ethyl adjacent to an activating group) is 1. The van der Waals surface area contributed by atoms with Crippen LogP contribution >= 0.6 is 0 Å². The number of nitrogens with zero attached hydrogens (tertiary/aromatic N) is 4. The molecule has 0 unspecified atom stereocenters. The summed E-state index contributed by atoms with van der Waals surface area (Å²) in [5, 5.41) is 9.83. The zero-order valence-electron chi connectivity index (χ0n) is 20.5. The number of aromatic nitrogens is 2. The molecule has 0 bridgehead atoms. The molecule has 1 aliphatic rings. The van der Waals surface area contributed by atoms with E-state index in [1.165, 1.54) is 23.1 Å². The standard InChI is InChI=1S/C27H29FN4O4/c1-17-14-32(18(2)16-33)27(35)23-11-21(20-7-5-9-29-12-20)13-30-25(23)36-24(17)15-31(3)26(34)19-6-4-8-22(28)10-19/h4-13,17-18,24,33H,14-16H2,1-3H3/t17-,18-,24+/m1/s1. The van der Waals surface area contributed by atoms with Gasteiger partial charge in [-0.3, -0.25) is 14.6 Å². The normalized spacial score (nSPS) is 18.5. The smallest absolute Gasteiger partial charge is 0.259 e. The first-order chi connectivity index (χ1) is 17.3. The largest absolute Gasteiger partial charge is 0.472 e. The molecule has 8 nitrogen and oxygen atoms in total. The van der Waals surface area contributed by atoms with E-state index in [9.17, 15) is 19.1 Å². The molecule has 1 N–H and O–H groups in total. The molecule has 4 rings (SSSR count). The monoisotopic (exact) mass is 492 g/mol. The Morgan fingerprint density at radius 2 is 2.06 bits per heavy atom. The molecule has 9 heteroatoms. The molecule has 2 amide bonds. The van der Waals surface area contributed by atoms with Crippen LogP contribution in [0.3, 0.4) is 0 Å². The number of pyridine rings is 2. The van der Waals surface area contributed by atoms with Crippen molar-refractivity contribution in [3.05, 3.63) is 78.0 Å². The maximum absolute atomic E-state index is 13.7. The average molecular weight is 493 g/mol. The van der Waals surface area contributed by atoms with E-state index in [0.717, 1.165) is 5.56 Å². The van der Waals surface area contributed by atoms with E-state index in [4.69, 9.17) is 4.74 Å². The first-order valence-corrected chi connectivity index (χ1v) is 11.8. The number of hydrogen-bond donors (Lipinski definition) is 1. The van der Waals surface area contributed by atoms with E-state index in [1.54, 1.807) is 55.7 Å². The second-order valence-electron chi connectivity index (χ2n) is 9.14. The van der Waals surface area contributed by atoms with Gasteiger partial charge in [0.2, 0.25) is 5.88 Å². The summed E-state index contributed by atoms with van der Waals surface area (Å²) in [6.07, 6.45) is 4.46. The summed E-state index contributed by atoms with van der Waals surface area (Å²) in [5.41, 5.74) is 2.02. The SMILES string of the molecule is C[C@@H]1CN([C@H](C)CO)C(=O)c2cc(-c3cccnc3)cnc2O[C@H]1CN(C)C(=O)c1cccc(F)c1. The molecule has 0 radical (unpaired) electrons. The van der Waals surface area contributed by atoms with Crippen LogP contribution in [-0.4, -0.2) is 75.6 Å². The highest BCUT2D eigenvalue weighted by Gasteiger charge is 2.35. The maximum Gasteiger partial charge on any atom is 0.259 e. The summed E-state index contributed by atoms with van der Waals surface area (Å²) in [6, 6.07) is 10.5. The lowest BCUT2D eigenvalue weighted by molar-refractivity contribution is 0.0313. The van der Waals surface area contributed by atoms with Gasteiger partial charge < -0.3 is 19.6 Å². The van der Waals surface area contributed by atoms with Gasteiger partial charge in [0.1, 0.15) is 17.5 Å². The van der Waals surface area contributed by atoms with Gasteiger partial charge in [-0.15, -0.1) is 0 Å². The minimum absolute atomic E-state index is 0.158. The van der Waals surface area contributed by atoms with Gasteiger partial charge >= 0.3 is 0 Å². The van der Waals surface area contributed by atoms with Crippen LogP contribution in [0.4, 0.5) is 4.39 Å². The van der Waals surface area contributed by atoms with Gasteiger partial charge in [-0.25, -0.2) is 9.37 Å². The predicted molar refractivity (Wildman–Crippen MR) is 132 cm³/mol. The van der Waals surface area contributed by atoms with Crippen LogP contribution in [0.1, 0.15) is 34.6 Å². The van der Waals surface area contributed by atoms with Gasteiger partial charge in [0.05, 0.1) is 19.2 Å². The van der Waals surface area contributed by atoms with E-state index in [0.29, 0.717) is 12.1 Å². The van der Waals surface area contributed by atoms with Crippen molar-refractivity contribution in [1.82, 2.24) is 19.8 Å². The molecule has 3 atom stereocenters. The zero-order chi connectivity index (χ0) is 25.8. The predicted octanol–water partition coefficient (Wildman–Crippen LogP) is 3.28. The van der Waals surface area contributed by atoms with Crippen LogP contribution in [0.25, 0.3) is 11.1 Å². The molecule has 0 saturated carbocycles. The average Bonchev–Trinajstić information content (AvgIpc) is 2.90. The number of carbonyl (C=O) groups is 2. The van der Waals surface area contributed by atoms with Crippen molar-refractivity contribution in [2.75, 3.05) is 26.7 Å². The summed E-state index contributed by atoms with van der Waals surface area (Å²) in [4.78, 5) is 38.2. The number of benzene rings is 1. The summed E-state index contributed by atoms with van der Waals surface area (Å²) < 4.78 is 19.9. The number of rotatable bonds is 6. The van der Waals surface area contributed by atoms with Crippen molar-refractivity contribution >= 4 is 11.8 Å². The van der Waals surface area contributed by atoms with Gasteiger partial charge in [0.15, 0.2) is 0 Å². The summed E-state index contributed by atoms with van der Waals surface area (Å²) in [7, 11) is 1.63. The lowest BCUT2D eigenvalue weighted by atomic mass is 9.99. The van der Waals surface area contributed by atoms with Crippen LogP contribution in [-0.2, 0) is 0 Å². The van der Waals surface area contributed by atoms with E-state index in [2.05, 4.69) is 9.97 Å². The molecule has 1 aliphatic heterocycles. The zero-order valence-corrected chi connectivity index (χ0v) is 20.5. The first-order valence-electron chi connectivity index (χ1n) is 11.8. The highest BCUT2D eigenvalue weighted by molar-refractivity contribution is 5.98. The minimum atomic E-state index is -0.510. The second kappa shape index (κ2) is 10.8.